The number of aliphatic hydroxyl groups excluding tert-OH is 1. The van der Waals surface area contributed by atoms with Crippen LogP contribution in [0.5, 0.6) is 0 Å². The van der Waals surface area contributed by atoms with Crippen LogP contribution >= 0.6 is 0 Å². The van der Waals surface area contributed by atoms with Gasteiger partial charge in [-0.3, -0.25) is 0 Å². The highest BCUT2D eigenvalue weighted by atomic mass is 16.3. The molecule has 18 heavy (non-hydrogen) atoms. The first kappa shape index (κ1) is 13.9. The van der Waals surface area contributed by atoms with Crippen molar-refractivity contribution in [3.8, 4) is 0 Å². The van der Waals surface area contributed by atoms with Crippen molar-refractivity contribution in [1.29, 1.82) is 0 Å². The van der Waals surface area contributed by atoms with Crippen LogP contribution < -0.4 is 0 Å². The average molecular weight is 248 g/mol. The van der Waals surface area contributed by atoms with Gasteiger partial charge in [0.2, 0.25) is 0 Å². The van der Waals surface area contributed by atoms with E-state index < -0.39 is 0 Å². The fourth-order valence-electron chi connectivity index (χ4n) is 3.69. The molecular weight excluding hydrogens is 220 g/mol. The van der Waals surface area contributed by atoms with Gasteiger partial charge in [0, 0.05) is 0 Å². The van der Waals surface area contributed by atoms with Gasteiger partial charge in [-0.05, 0) is 63.2 Å². The van der Waals surface area contributed by atoms with Gasteiger partial charge in [-0.1, -0.05) is 37.1 Å². The molecule has 2 rings (SSSR count). The van der Waals surface area contributed by atoms with Gasteiger partial charge in [-0.25, -0.2) is 0 Å². The molecule has 0 aromatic heterocycles. The monoisotopic (exact) mass is 248 g/mol. The third-order valence-corrected chi connectivity index (χ3v) is 4.63. The third-order valence-electron chi connectivity index (χ3n) is 4.63. The van der Waals surface area contributed by atoms with Crippen LogP contribution in [-0.2, 0) is 0 Å². The summed E-state index contributed by atoms with van der Waals surface area (Å²) in [5.41, 5.74) is 0. The molecule has 0 aromatic rings. The molecule has 2 aliphatic carbocycles. The lowest BCUT2D eigenvalue weighted by molar-refractivity contribution is 0.0682. The summed E-state index contributed by atoms with van der Waals surface area (Å²) in [6.07, 6.45) is 19.5. The van der Waals surface area contributed by atoms with Crippen molar-refractivity contribution in [2.24, 2.45) is 17.8 Å². The third kappa shape index (κ3) is 3.71. The highest BCUT2D eigenvalue weighted by Crippen LogP contribution is 2.36. The van der Waals surface area contributed by atoms with Gasteiger partial charge in [-0.15, -0.1) is 0 Å². The summed E-state index contributed by atoms with van der Waals surface area (Å²) in [6.45, 7) is 1.99. The van der Waals surface area contributed by atoms with Gasteiger partial charge in [0.1, 0.15) is 0 Å². The highest BCUT2D eigenvalue weighted by Gasteiger charge is 2.30. The zero-order valence-electron chi connectivity index (χ0n) is 11.7. The minimum atomic E-state index is -0.189. The highest BCUT2D eigenvalue weighted by molar-refractivity contribution is 5.02. The number of rotatable bonds is 3. The molecule has 0 spiro atoms. The lowest BCUT2D eigenvalue weighted by Crippen LogP contribution is -2.31. The maximum absolute atomic E-state index is 10.2. The lowest BCUT2D eigenvalue weighted by atomic mass is 9.74. The van der Waals surface area contributed by atoms with E-state index in [4.69, 9.17) is 0 Å². The molecule has 0 amide bonds. The molecule has 3 atom stereocenters. The normalized spacial score (nSPS) is 32.6. The van der Waals surface area contributed by atoms with E-state index in [0.717, 1.165) is 0 Å². The number of hydrogen-bond acceptors (Lipinski definition) is 1. The fourth-order valence-corrected chi connectivity index (χ4v) is 3.69. The van der Waals surface area contributed by atoms with Crippen molar-refractivity contribution >= 4 is 0 Å². The molecule has 0 saturated heterocycles. The van der Waals surface area contributed by atoms with E-state index in [0.29, 0.717) is 17.8 Å². The summed E-state index contributed by atoms with van der Waals surface area (Å²) in [4.78, 5) is 0. The molecule has 2 aliphatic rings. The summed E-state index contributed by atoms with van der Waals surface area (Å²) in [7, 11) is 0. The first-order valence-electron chi connectivity index (χ1n) is 7.80. The molecule has 0 aliphatic heterocycles. The SMILES string of the molecule is CC(O)C(C1C=CCCCC1)C1C=CCCCC1. The van der Waals surface area contributed by atoms with Crippen LogP contribution in [-0.4, -0.2) is 11.2 Å². The summed E-state index contributed by atoms with van der Waals surface area (Å²) in [6, 6.07) is 0. The molecular formula is C17H28O. The second-order valence-corrected chi connectivity index (χ2v) is 6.07. The Morgan fingerprint density at radius 2 is 1.39 bits per heavy atom. The minimum Gasteiger partial charge on any atom is -0.393 e. The molecule has 1 heteroatoms. The van der Waals surface area contributed by atoms with E-state index in [1.807, 2.05) is 6.92 Å². The molecule has 0 aromatic carbocycles. The van der Waals surface area contributed by atoms with Crippen LogP contribution in [0, 0.1) is 17.8 Å². The number of hydrogen-bond donors (Lipinski definition) is 1. The Hall–Kier alpha value is -0.560. The molecule has 0 saturated carbocycles. The van der Waals surface area contributed by atoms with Crippen molar-refractivity contribution in [2.45, 2.75) is 64.4 Å². The lowest BCUT2D eigenvalue weighted by Gasteiger charge is -2.32. The maximum atomic E-state index is 10.2. The Balaban J connectivity index is 2.10. The molecule has 1 N–H and O–H groups in total. The molecule has 1 nitrogen and oxygen atoms in total. The number of aliphatic hydroxyl groups is 1. The van der Waals surface area contributed by atoms with Gasteiger partial charge in [0.25, 0.3) is 0 Å². The van der Waals surface area contributed by atoms with Crippen LogP contribution in [0.1, 0.15) is 58.3 Å². The minimum absolute atomic E-state index is 0.189. The van der Waals surface area contributed by atoms with Crippen LogP contribution in [0.15, 0.2) is 24.3 Å². The predicted molar refractivity (Wildman–Crippen MR) is 77.4 cm³/mol. The Morgan fingerprint density at radius 1 is 0.889 bits per heavy atom. The summed E-state index contributed by atoms with van der Waals surface area (Å²) in [5.74, 6) is 1.59. The van der Waals surface area contributed by atoms with Crippen molar-refractivity contribution in [3.05, 3.63) is 24.3 Å². The van der Waals surface area contributed by atoms with E-state index in [9.17, 15) is 5.11 Å². The molecule has 3 unspecified atom stereocenters. The van der Waals surface area contributed by atoms with Gasteiger partial charge in [-0.2, -0.15) is 0 Å². The predicted octanol–water partition coefficient (Wildman–Crippen LogP) is 4.48. The first-order chi connectivity index (χ1) is 8.79. The van der Waals surface area contributed by atoms with Crippen LogP contribution in [0.4, 0.5) is 0 Å². The number of allylic oxidation sites excluding steroid dienone is 4. The summed E-state index contributed by atoms with van der Waals surface area (Å²) < 4.78 is 0. The smallest absolute Gasteiger partial charge is 0.0551 e. The van der Waals surface area contributed by atoms with Gasteiger partial charge in [0.05, 0.1) is 6.10 Å². The maximum Gasteiger partial charge on any atom is 0.0551 e. The van der Waals surface area contributed by atoms with E-state index in [-0.39, 0.29) is 6.10 Å². The van der Waals surface area contributed by atoms with E-state index in [1.54, 1.807) is 0 Å². The quantitative estimate of drug-likeness (QED) is 0.730. The fraction of sp³-hybridized carbons (Fsp3) is 0.765. The topological polar surface area (TPSA) is 20.2 Å². The van der Waals surface area contributed by atoms with E-state index >= 15 is 0 Å². The van der Waals surface area contributed by atoms with Gasteiger partial charge >= 0.3 is 0 Å². The van der Waals surface area contributed by atoms with Gasteiger partial charge < -0.3 is 5.11 Å². The standard InChI is InChI=1S/C17H28O/c1-14(18)17(15-10-6-2-3-7-11-15)16-12-8-4-5-9-13-16/h6,8,10,12,14-18H,2-5,7,9,11,13H2,1H3. The Morgan fingerprint density at radius 3 is 1.83 bits per heavy atom. The van der Waals surface area contributed by atoms with Crippen LogP contribution in [0.3, 0.4) is 0 Å². The molecule has 102 valence electrons. The summed E-state index contributed by atoms with van der Waals surface area (Å²) in [5, 5.41) is 10.2. The second kappa shape index (κ2) is 7.13. The second-order valence-electron chi connectivity index (χ2n) is 6.07. The van der Waals surface area contributed by atoms with Gasteiger partial charge in [0.15, 0.2) is 0 Å². The van der Waals surface area contributed by atoms with Crippen molar-refractivity contribution in [2.75, 3.05) is 0 Å². The Kier molecular flexibility index (Phi) is 5.49. The van der Waals surface area contributed by atoms with Crippen LogP contribution in [0.2, 0.25) is 0 Å². The molecule has 0 heterocycles. The first-order valence-corrected chi connectivity index (χ1v) is 7.80. The van der Waals surface area contributed by atoms with Crippen molar-refractivity contribution in [3.63, 3.8) is 0 Å². The molecule has 0 radical (unpaired) electrons. The van der Waals surface area contributed by atoms with Crippen LogP contribution in [0.25, 0.3) is 0 Å². The molecule has 0 fully saturated rings. The summed E-state index contributed by atoms with van der Waals surface area (Å²) >= 11 is 0. The molecule has 0 bridgehead atoms. The average Bonchev–Trinajstić information content (AvgIpc) is 2.74. The Labute approximate surface area is 112 Å². The van der Waals surface area contributed by atoms with Crippen molar-refractivity contribution < 1.29 is 5.11 Å². The zero-order chi connectivity index (χ0) is 12.8. The van der Waals surface area contributed by atoms with E-state index in [1.165, 1.54) is 51.4 Å². The van der Waals surface area contributed by atoms with E-state index in [2.05, 4.69) is 24.3 Å². The Bertz CT molecular complexity index is 264. The zero-order valence-corrected chi connectivity index (χ0v) is 11.7. The largest absolute Gasteiger partial charge is 0.393 e. The van der Waals surface area contributed by atoms with Crippen molar-refractivity contribution in [1.82, 2.24) is 0 Å².